The van der Waals surface area contributed by atoms with E-state index in [2.05, 4.69) is 39.9 Å². The molecule has 0 bridgehead atoms. The molecular weight excluding hydrogens is 216 g/mol. The van der Waals surface area contributed by atoms with E-state index in [9.17, 15) is 0 Å². The minimum atomic E-state index is 0.533. The summed E-state index contributed by atoms with van der Waals surface area (Å²) in [4.78, 5) is 6.13. The van der Waals surface area contributed by atoms with Crippen LogP contribution in [0.3, 0.4) is 0 Å². The minimum Gasteiger partial charge on any atom is -0.309 e. The maximum absolute atomic E-state index is 4.71. The molecule has 1 heterocycles. The average Bonchev–Trinajstić information content (AvgIpc) is 2.69. The lowest BCUT2D eigenvalue weighted by Crippen LogP contribution is -2.24. The van der Waals surface area contributed by atoms with Crippen LogP contribution >= 0.6 is 11.3 Å². The van der Waals surface area contributed by atoms with Gasteiger partial charge in [-0.15, -0.1) is 11.3 Å². The summed E-state index contributed by atoms with van der Waals surface area (Å²) in [5.74, 6) is 0.533. The molecule has 1 aromatic rings. The van der Waals surface area contributed by atoms with Crippen molar-refractivity contribution in [2.24, 2.45) is 0 Å². The molecule has 3 heteroatoms. The van der Waals surface area contributed by atoms with E-state index in [0.29, 0.717) is 12.0 Å². The van der Waals surface area contributed by atoms with Gasteiger partial charge >= 0.3 is 0 Å². The molecule has 0 aliphatic rings. The number of hydrogen-bond donors (Lipinski definition) is 1. The SMILES string of the molecule is CCc1nc(C(C)C)c(CNC(C)CC)s1. The molecule has 1 N–H and O–H groups in total. The van der Waals surface area contributed by atoms with Crippen molar-refractivity contribution in [2.45, 2.75) is 66.0 Å². The van der Waals surface area contributed by atoms with Gasteiger partial charge in [0.25, 0.3) is 0 Å². The summed E-state index contributed by atoms with van der Waals surface area (Å²) in [5, 5.41) is 4.82. The average molecular weight is 240 g/mol. The van der Waals surface area contributed by atoms with Gasteiger partial charge in [0.2, 0.25) is 0 Å². The van der Waals surface area contributed by atoms with Crippen molar-refractivity contribution in [1.29, 1.82) is 0 Å². The molecule has 1 aromatic heterocycles. The quantitative estimate of drug-likeness (QED) is 0.820. The molecule has 0 saturated carbocycles. The summed E-state index contributed by atoms with van der Waals surface area (Å²) in [7, 11) is 0. The molecule has 0 amide bonds. The summed E-state index contributed by atoms with van der Waals surface area (Å²) in [6.45, 7) is 12.0. The maximum Gasteiger partial charge on any atom is 0.0929 e. The van der Waals surface area contributed by atoms with Gasteiger partial charge in [0, 0.05) is 17.5 Å². The third-order valence-corrected chi connectivity index (χ3v) is 4.06. The zero-order valence-electron chi connectivity index (χ0n) is 11.1. The molecular formula is C13H24N2S. The number of nitrogens with one attached hydrogen (secondary N) is 1. The van der Waals surface area contributed by atoms with Crippen LogP contribution < -0.4 is 5.32 Å². The Morgan fingerprint density at radius 2 is 1.94 bits per heavy atom. The van der Waals surface area contributed by atoms with Crippen LogP contribution in [0.25, 0.3) is 0 Å². The van der Waals surface area contributed by atoms with E-state index >= 15 is 0 Å². The Balaban J connectivity index is 2.73. The molecule has 0 fully saturated rings. The van der Waals surface area contributed by atoms with Crippen molar-refractivity contribution in [3.05, 3.63) is 15.6 Å². The zero-order valence-corrected chi connectivity index (χ0v) is 11.9. The first-order valence-corrected chi connectivity index (χ1v) is 7.11. The fourth-order valence-corrected chi connectivity index (χ4v) is 2.67. The van der Waals surface area contributed by atoms with Crippen LogP contribution in [0.15, 0.2) is 0 Å². The highest BCUT2D eigenvalue weighted by Crippen LogP contribution is 2.25. The van der Waals surface area contributed by atoms with Crippen LogP contribution in [-0.4, -0.2) is 11.0 Å². The maximum atomic E-state index is 4.71. The Kier molecular flexibility index (Phi) is 5.42. The van der Waals surface area contributed by atoms with Gasteiger partial charge in [-0.3, -0.25) is 0 Å². The van der Waals surface area contributed by atoms with Crippen molar-refractivity contribution in [3.63, 3.8) is 0 Å². The first-order valence-electron chi connectivity index (χ1n) is 6.30. The molecule has 0 saturated heterocycles. The molecule has 16 heavy (non-hydrogen) atoms. The van der Waals surface area contributed by atoms with Gasteiger partial charge in [0.1, 0.15) is 0 Å². The van der Waals surface area contributed by atoms with Gasteiger partial charge in [-0.2, -0.15) is 0 Å². The van der Waals surface area contributed by atoms with E-state index in [0.717, 1.165) is 13.0 Å². The normalized spacial score (nSPS) is 13.4. The van der Waals surface area contributed by atoms with Crippen molar-refractivity contribution >= 4 is 11.3 Å². The van der Waals surface area contributed by atoms with Crippen LogP contribution in [-0.2, 0) is 13.0 Å². The van der Waals surface area contributed by atoms with Gasteiger partial charge < -0.3 is 5.32 Å². The molecule has 0 spiro atoms. The molecule has 0 aliphatic carbocycles. The van der Waals surface area contributed by atoms with Crippen LogP contribution in [0, 0.1) is 0 Å². The van der Waals surface area contributed by atoms with Gasteiger partial charge in [0.05, 0.1) is 10.7 Å². The predicted octanol–water partition coefficient (Wildman–Crippen LogP) is 3.72. The number of aromatic nitrogens is 1. The second-order valence-electron chi connectivity index (χ2n) is 4.61. The topological polar surface area (TPSA) is 24.9 Å². The molecule has 1 atom stereocenters. The van der Waals surface area contributed by atoms with Gasteiger partial charge in [0.15, 0.2) is 0 Å². The lowest BCUT2D eigenvalue weighted by atomic mass is 10.1. The summed E-state index contributed by atoms with van der Waals surface area (Å²) >= 11 is 1.87. The largest absolute Gasteiger partial charge is 0.309 e. The fourth-order valence-electron chi connectivity index (χ4n) is 1.55. The van der Waals surface area contributed by atoms with Gasteiger partial charge in [-0.25, -0.2) is 4.98 Å². The molecule has 1 rings (SSSR count). The zero-order chi connectivity index (χ0) is 12.1. The third kappa shape index (κ3) is 3.56. The van der Waals surface area contributed by atoms with E-state index in [1.54, 1.807) is 0 Å². The summed E-state index contributed by atoms with van der Waals surface area (Å²) in [6, 6.07) is 0.590. The molecule has 1 unspecified atom stereocenters. The highest BCUT2D eigenvalue weighted by Gasteiger charge is 2.13. The minimum absolute atomic E-state index is 0.533. The number of rotatable bonds is 6. The van der Waals surface area contributed by atoms with Crippen LogP contribution in [0.5, 0.6) is 0 Å². The number of hydrogen-bond acceptors (Lipinski definition) is 3. The van der Waals surface area contributed by atoms with E-state index in [1.807, 2.05) is 11.3 Å². The molecule has 0 aromatic carbocycles. The standard InChI is InChI=1S/C13H24N2S/c1-6-10(5)14-8-11-13(9(3)4)15-12(7-2)16-11/h9-10,14H,6-8H2,1-5H3. The second-order valence-corrected chi connectivity index (χ2v) is 5.78. The predicted molar refractivity (Wildman–Crippen MR) is 72.2 cm³/mol. The molecule has 0 aliphatic heterocycles. The van der Waals surface area contributed by atoms with Crippen molar-refractivity contribution in [3.8, 4) is 0 Å². The van der Waals surface area contributed by atoms with Crippen LogP contribution in [0.1, 0.15) is 62.5 Å². The lowest BCUT2D eigenvalue weighted by molar-refractivity contribution is 0.534. The Bertz CT molecular complexity index is 318. The fraction of sp³-hybridized carbons (Fsp3) is 0.769. The molecule has 92 valence electrons. The molecule has 2 nitrogen and oxygen atoms in total. The van der Waals surface area contributed by atoms with E-state index in [4.69, 9.17) is 4.98 Å². The van der Waals surface area contributed by atoms with Crippen LogP contribution in [0.4, 0.5) is 0 Å². The highest BCUT2D eigenvalue weighted by molar-refractivity contribution is 7.11. The lowest BCUT2D eigenvalue weighted by Gasteiger charge is -2.11. The summed E-state index contributed by atoms with van der Waals surface area (Å²) in [6.07, 6.45) is 2.23. The smallest absolute Gasteiger partial charge is 0.0929 e. The molecule has 0 radical (unpaired) electrons. The Labute approximate surface area is 103 Å². The van der Waals surface area contributed by atoms with E-state index < -0.39 is 0 Å². The van der Waals surface area contributed by atoms with Crippen molar-refractivity contribution in [2.75, 3.05) is 0 Å². The second kappa shape index (κ2) is 6.36. The van der Waals surface area contributed by atoms with E-state index in [-0.39, 0.29) is 0 Å². The Morgan fingerprint density at radius 3 is 2.44 bits per heavy atom. The van der Waals surface area contributed by atoms with Crippen LogP contribution in [0.2, 0.25) is 0 Å². The first-order chi connectivity index (χ1) is 7.58. The number of aryl methyl sites for hydroxylation is 1. The van der Waals surface area contributed by atoms with Crippen molar-refractivity contribution in [1.82, 2.24) is 10.3 Å². The Morgan fingerprint density at radius 1 is 1.25 bits per heavy atom. The monoisotopic (exact) mass is 240 g/mol. The highest BCUT2D eigenvalue weighted by atomic mass is 32.1. The third-order valence-electron chi connectivity index (χ3n) is 2.84. The van der Waals surface area contributed by atoms with Crippen molar-refractivity contribution < 1.29 is 0 Å². The first kappa shape index (κ1) is 13.7. The van der Waals surface area contributed by atoms with E-state index in [1.165, 1.54) is 22.0 Å². The number of thiazole rings is 1. The summed E-state index contributed by atoms with van der Waals surface area (Å²) in [5.41, 5.74) is 1.29. The van der Waals surface area contributed by atoms with Gasteiger partial charge in [-0.05, 0) is 25.7 Å². The van der Waals surface area contributed by atoms with Gasteiger partial charge in [-0.1, -0.05) is 27.7 Å². The Hall–Kier alpha value is -0.410. The number of nitrogens with zero attached hydrogens (tertiary/aromatic N) is 1. The summed E-state index contributed by atoms with van der Waals surface area (Å²) < 4.78 is 0.